The van der Waals surface area contributed by atoms with Crippen LogP contribution in [0.1, 0.15) is 0 Å². The average molecular weight is 306 g/mol. The third kappa shape index (κ3) is 34.4. The first kappa shape index (κ1) is 18.3. The largest absolute Gasteiger partial charge is 0.184 e. The van der Waals surface area contributed by atoms with E-state index in [-0.39, 0.29) is 15.9 Å². The summed E-state index contributed by atoms with van der Waals surface area (Å²) >= 11 is -0.106. The quantitative estimate of drug-likeness (QED) is 0.546. The molecule has 0 heterocycles. The molecule has 13 heavy (non-hydrogen) atoms. The summed E-state index contributed by atoms with van der Waals surface area (Å²) in [5.41, 5.74) is 0. The number of rotatable bonds is 0. The molecule has 0 fully saturated rings. The van der Waals surface area contributed by atoms with Crippen molar-refractivity contribution < 1.29 is 15.9 Å². The molecular formula is C8H5Cl2N2Pd-3. The van der Waals surface area contributed by atoms with E-state index in [0.717, 1.165) is 0 Å². The second-order valence-corrected chi connectivity index (χ2v) is 3.48. The fourth-order valence-electron chi connectivity index (χ4n) is 0.342. The van der Waals surface area contributed by atoms with Crippen molar-refractivity contribution in [2.75, 3.05) is 0 Å². The van der Waals surface area contributed by atoms with Gasteiger partial charge >= 0.3 is 35.0 Å². The molecule has 74 valence electrons. The van der Waals surface area contributed by atoms with E-state index in [4.69, 9.17) is 42.7 Å². The minimum absolute atomic E-state index is 0.106. The van der Waals surface area contributed by atoms with Crippen LogP contribution in [-0.4, -0.2) is 0 Å². The number of hydrogen-bond donors (Lipinski definition) is 0. The summed E-state index contributed by atoms with van der Waals surface area (Å²) in [5, 5.41) is 12.5. The van der Waals surface area contributed by atoms with Crippen LogP contribution in [-0.2, 0) is 15.9 Å². The second-order valence-electron chi connectivity index (χ2n) is 1.12. The molecule has 0 unspecified atom stereocenters. The smallest absolute Gasteiger partial charge is 0.171 e. The maximum atomic E-state index is 6.25. The van der Waals surface area contributed by atoms with Crippen molar-refractivity contribution in [3.05, 3.63) is 49.5 Å². The van der Waals surface area contributed by atoms with Crippen molar-refractivity contribution in [1.82, 2.24) is 0 Å². The Bertz CT molecular complexity index is 156. The first-order valence-corrected chi connectivity index (χ1v) is 6.60. The van der Waals surface area contributed by atoms with Crippen molar-refractivity contribution in [2.24, 2.45) is 0 Å². The van der Waals surface area contributed by atoms with E-state index in [1.54, 1.807) is 0 Å². The van der Waals surface area contributed by atoms with Gasteiger partial charge in [-0.25, -0.2) is 0 Å². The van der Waals surface area contributed by atoms with Gasteiger partial charge in [0, 0.05) is 0 Å². The third-order valence-corrected chi connectivity index (χ3v) is 0.607. The molecule has 0 saturated heterocycles. The molecule has 0 bridgehead atoms. The van der Waals surface area contributed by atoms with Crippen molar-refractivity contribution in [3.8, 4) is 0 Å². The predicted molar refractivity (Wildman–Crippen MR) is 46.9 cm³/mol. The summed E-state index contributed by atoms with van der Waals surface area (Å²) in [6.07, 6.45) is 0. The van der Waals surface area contributed by atoms with Crippen molar-refractivity contribution >= 4 is 19.1 Å². The van der Waals surface area contributed by atoms with Crippen molar-refractivity contribution in [2.45, 2.75) is 0 Å². The van der Waals surface area contributed by atoms with Gasteiger partial charge in [-0.15, -0.1) is 0 Å². The minimum atomic E-state index is -0.106. The zero-order valence-electron chi connectivity index (χ0n) is 6.35. The summed E-state index contributed by atoms with van der Waals surface area (Å²) in [6, 6.07) is 12.5. The maximum absolute atomic E-state index is 6.25. The van der Waals surface area contributed by atoms with Gasteiger partial charge in [-0.05, 0) is 0 Å². The van der Waals surface area contributed by atoms with Gasteiger partial charge in [-0.3, -0.25) is 0 Å². The number of halogens is 2. The SMILES string of the molecule is [C-]#N.[C-]#N.[Cl][Pd][Cl].[c-]1ccccc1. The molecule has 0 spiro atoms. The van der Waals surface area contributed by atoms with E-state index in [9.17, 15) is 0 Å². The Morgan fingerprint density at radius 1 is 0.923 bits per heavy atom. The summed E-state index contributed by atoms with van der Waals surface area (Å²) in [4.78, 5) is 0. The fraction of sp³-hybridized carbons (Fsp3) is 0. The Morgan fingerprint density at radius 3 is 1.31 bits per heavy atom. The van der Waals surface area contributed by atoms with Crippen LogP contribution in [0, 0.1) is 29.7 Å². The van der Waals surface area contributed by atoms with Gasteiger partial charge < -0.3 is 23.7 Å². The normalized spacial score (nSPS) is 5.69. The first-order valence-electron chi connectivity index (χ1n) is 2.60. The van der Waals surface area contributed by atoms with Gasteiger partial charge in [0.15, 0.2) is 0 Å². The fourth-order valence-corrected chi connectivity index (χ4v) is 0.342. The van der Waals surface area contributed by atoms with E-state index >= 15 is 0 Å². The Morgan fingerprint density at radius 2 is 1.23 bits per heavy atom. The number of nitrogens with zero attached hydrogens (tertiary/aromatic N) is 2. The molecule has 0 saturated carbocycles. The van der Waals surface area contributed by atoms with Crippen LogP contribution >= 0.6 is 19.1 Å². The van der Waals surface area contributed by atoms with Crippen molar-refractivity contribution in [3.63, 3.8) is 0 Å². The van der Waals surface area contributed by atoms with Gasteiger partial charge in [-0.1, -0.05) is 0 Å². The van der Waals surface area contributed by atoms with Crippen LogP contribution in [0.15, 0.2) is 30.3 Å². The topological polar surface area (TPSA) is 47.6 Å². The monoisotopic (exact) mass is 305 g/mol. The van der Waals surface area contributed by atoms with E-state index in [1.165, 1.54) is 0 Å². The molecule has 0 N–H and O–H groups in total. The zero-order valence-corrected chi connectivity index (χ0v) is 9.42. The van der Waals surface area contributed by atoms with Crippen LogP contribution in [0.5, 0.6) is 0 Å². The number of hydrogen-bond acceptors (Lipinski definition) is 2. The standard InChI is InChI=1S/C6H5.2CN.2ClH.Pd/c1-2-4-6-5-3-1;2*1-2;;;/h1-5H;;;2*1H;/q3*-1;;;+2/p-2. The molecule has 5 heteroatoms. The second kappa shape index (κ2) is 30.1. The molecule has 0 atom stereocenters. The molecule has 0 aromatic heterocycles. The molecule has 0 aliphatic carbocycles. The molecule has 0 aliphatic heterocycles. The van der Waals surface area contributed by atoms with Gasteiger partial charge in [0.25, 0.3) is 0 Å². The summed E-state index contributed by atoms with van der Waals surface area (Å²) in [7, 11) is 9.63. The predicted octanol–water partition coefficient (Wildman–Crippen LogP) is 3.06. The Labute approximate surface area is 94.8 Å². The maximum Gasteiger partial charge on any atom is -0.171 e. The molecule has 1 aromatic carbocycles. The summed E-state index contributed by atoms with van der Waals surface area (Å²) in [5.74, 6) is 0. The van der Waals surface area contributed by atoms with E-state index < -0.39 is 0 Å². The van der Waals surface area contributed by atoms with Gasteiger partial charge in [0.1, 0.15) is 0 Å². The van der Waals surface area contributed by atoms with E-state index in [1.807, 2.05) is 30.3 Å². The molecule has 0 amide bonds. The molecule has 1 rings (SSSR count). The Kier molecular flexibility index (Phi) is 42.3. The molecular weight excluding hydrogens is 301 g/mol. The van der Waals surface area contributed by atoms with Crippen LogP contribution in [0.2, 0.25) is 0 Å². The first-order chi connectivity index (χ1) is 6.41. The minimum Gasteiger partial charge on any atom is -0.184 e. The Hall–Kier alpha value is -0.558. The molecule has 1 aromatic rings. The van der Waals surface area contributed by atoms with Crippen LogP contribution < -0.4 is 0 Å². The van der Waals surface area contributed by atoms with E-state index in [0.29, 0.717) is 0 Å². The number of benzene rings is 1. The molecule has 2 nitrogen and oxygen atoms in total. The van der Waals surface area contributed by atoms with Crippen LogP contribution in [0.3, 0.4) is 0 Å². The summed E-state index contributed by atoms with van der Waals surface area (Å²) in [6.45, 7) is 9.50. The molecule has 0 aliphatic rings. The Balaban J connectivity index is -0.000000124. The van der Waals surface area contributed by atoms with Gasteiger partial charge in [0.2, 0.25) is 0 Å². The summed E-state index contributed by atoms with van der Waals surface area (Å²) < 4.78 is 0. The molecule has 0 radical (unpaired) electrons. The van der Waals surface area contributed by atoms with Crippen LogP contribution in [0.4, 0.5) is 0 Å². The average Bonchev–Trinajstić information content (AvgIpc) is 2.27. The van der Waals surface area contributed by atoms with Gasteiger partial charge in [-0.2, -0.15) is 36.4 Å². The van der Waals surface area contributed by atoms with Gasteiger partial charge in [0.05, 0.1) is 0 Å². The van der Waals surface area contributed by atoms with Crippen LogP contribution in [0.25, 0.3) is 0 Å². The third-order valence-electron chi connectivity index (χ3n) is 0.607. The van der Waals surface area contributed by atoms with Crippen molar-refractivity contribution in [1.29, 1.82) is 10.5 Å². The van der Waals surface area contributed by atoms with E-state index in [2.05, 4.69) is 6.07 Å². The zero-order chi connectivity index (χ0) is 10.9.